The van der Waals surface area contributed by atoms with Crippen LogP contribution in [-0.4, -0.2) is 27.8 Å². The molecule has 2 aromatic rings. The van der Waals surface area contributed by atoms with E-state index in [0.29, 0.717) is 12.6 Å². The molecular formula is C11H7NO4. The summed E-state index contributed by atoms with van der Waals surface area (Å²) in [5.74, 6) is -0.747. The molecule has 5 heteroatoms. The van der Waals surface area contributed by atoms with Crippen LogP contribution >= 0.6 is 0 Å². The quantitative estimate of drug-likeness (QED) is 0.584. The summed E-state index contributed by atoms with van der Waals surface area (Å²) in [6, 6.07) is 3.05. The smallest absolute Gasteiger partial charge is 0.154 e. The summed E-state index contributed by atoms with van der Waals surface area (Å²) in [4.78, 5) is 25.3. The lowest BCUT2D eigenvalue weighted by Gasteiger charge is -2.08. The minimum atomic E-state index is -0.398. The first kappa shape index (κ1) is 10.1. The summed E-state index contributed by atoms with van der Waals surface area (Å²) < 4.78 is 0. The van der Waals surface area contributed by atoms with Gasteiger partial charge in [-0.15, -0.1) is 0 Å². The Morgan fingerprint density at radius 1 is 1.06 bits per heavy atom. The SMILES string of the molecule is O=Cc1c(C=O)c(O)c2ncccc2c1O. The molecule has 16 heavy (non-hydrogen) atoms. The Bertz CT molecular complexity index is 540. The highest BCUT2D eigenvalue weighted by molar-refractivity contribution is 6.06. The highest BCUT2D eigenvalue weighted by atomic mass is 16.3. The number of fused-ring (bicyclic) bond motifs is 1. The lowest BCUT2D eigenvalue weighted by molar-refractivity contribution is 0.109. The third-order valence-electron chi connectivity index (χ3n) is 2.32. The molecule has 0 atom stereocenters. The van der Waals surface area contributed by atoms with Crippen LogP contribution in [0.1, 0.15) is 20.7 Å². The van der Waals surface area contributed by atoms with E-state index in [9.17, 15) is 19.8 Å². The molecule has 2 N–H and O–H groups in total. The van der Waals surface area contributed by atoms with Crippen LogP contribution < -0.4 is 0 Å². The summed E-state index contributed by atoms with van der Waals surface area (Å²) >= 11 is 0. The molecule has 80 valence electrons. The molecule has 0 aliphatic heterocycles. The van der Waals surface area contributed by atoms with Crippen molar-refractivity contribution >= 4 is 23.5 Å². The van der Waals surface area contributed by atoms with Gasteiger partial charge in [0, 0.05) is 11.6 Å². The van der Waals surface area contributed by atoms with E-state index >= 15 is 0 Å². The van der Waals surface area contributed by atoms with Gasteiger partial charge in [-0.25, -0.2) is 0 Å². The summed E-state index contributed by atoms with van der Waals surface area (Å²) in [7, 11) is 0. The second-order valence-corrected chi connectivity index (χ2v) is 3.16. The van der Waals surface area contributed by atoms with Gasteiger partial charge in [0.2, 0.25) is 0 Å². The molecule has 0 unspecified atom stereocenters. The standard InChI is InChI=1S/C11H7NO4/c13-4-7-8(5-14)11(16)9-6(10(7)15)2-1-3-12-9/h1-5,15-16H. The van der Waals surface area contributed by atoms with Crippen LogP contribution in [-0.2, 0) is 0 Å². The molecule has 5 nitrogen and oxygen atoms in total. The van der Waals surface area contributed by atoms with Gasteiger partial charge in [0.1, 0.15) is 11.3 Å². The number of hydrogen-bond acceptors (Lipinski definition) is 5. The zero-order valence-electron chi connectivity index (χ0n) is 8.04. The Morgan fingerprint density at radius 3 is 2.31 bits per heavy atom. The van der Waals surface area contributed by atoms with Crippen LogP contribution in [0.3, 0.4) is 0 Å². The number of nitrogens with zero attached hydrogens (tertiary/aromatic N) is 1. The van der Waals surface area contributed by atoms with Gasteiger partial charge in [0.25, 0.3) is 0 Å². The van der Waals surface area contributed by atoms with Gasteiger partial charge >= 0.3 is 0 Å². The first-order chi connectivity index (χ1) is 7.70. The molecule has 1 aromatic heterocycles. The van der Waals surface area contributed by atoms with Crippen molar-refractivity contribution in [2.45, 2.75) is 0 Å². The average Bonchev–Trinajstić information content (AvgIpc) is 2.33. The van der Waals surface area contributed by atoms with Crippen molar-refractivity contribution < 1.29 is 19.8 Å². The molecule has 0 bridgehead atoms. The molecule has 2 rings (SSSR count). The van der Waals surface area contributed by atoms with Crippen molar-refractivity contribution in [2.24, 2.45) is 0 Å². The van der Waals surface area contributed by atoms with E-state index in [1.165, 1.54) is 12.3 Å². The van der Waals surface area contributed by atoms with E-state index in [1.807, 2.05) is 0 Å². The van der Waals surface area contributed by atoms with Crippen molar-refractivity contribution in [1.29, 1.82) is 0 Å². The molecule has 0 saturated carbocycles. The predicted octanol–water partition coefficient (Wildman–Crippen LogP) is 1.27. The topological polar surface area (TPSA) is 87.5 Å². The third-order valence-corrected chi connectivity index (χ3v) is 2.32. The zero-order valence-corrected chi connectivity index (χ0v) is 8.04. The summed E-state index contributed by atoms with van der Waals surface area (Å²) in [5.41, 5.74) is -0.389. The Morgan fingerprint density at radius 2 is 1.69 bits per heavy atom. The molecule has 0 fully saturated rings. The maximum atomic E-state index is 10.8. The highest BCUT2D eigenvalue weighted by Crippen LogP contribution is 2.36. The van der Waals surface area contributed by atoms with Crippen LogP contribution in [0, 0.1) is 0 Å². The molecule has 0 radical (unpaired) electrons. The second-order valence-electron chi connectivity index (χ2n) is 3.16. The van der Waals surface area contributed by atoms with Gasteiger partial charge in [0.15, 0.2) is 18.3 Å². The molecule has 1 aromatic carbocycles. The van der Waals surface area contributed by atoms with Crippen LogP contribution in [0.4, 0.5) is 0 Å². The van der Waals surface area contributed by atoms with Crippen molar-refractivity contribution in [3.8, 4) is 11.5 Å². The zero-order chi connectivity index (χ0) is 11.7. The van der Waals surface area contributed by atoms with Crippen molar-refractivity contribution in [2.75, 3.05) is 0 Å². The number of aromatic hydroxyl groups is 2. The lowest BCUT2D eigenvalue weighted by Crippen LogP contribution is -1.95. The summed E-state index contributed by atoms with van der Waals surface area (Å²) in [6.45, 7) is 0. The Kier molecular flexibility index (Phi) is 2.28. The van der Waals surface area contributed by atoms with Gasteiger partial charge in [-0.1, -0.05) is 0 Å². The summed E-state index contributed by atoms with van der Waals surface area (Å²) in [5, 5.41) is 19.7. The van der Waals surface area contributed by atoms with E-state index in [1.54, 1.807) is 6.07 Å². The van der Waals surface area contributed by atoms with E-state index in [2.05, 4.69) is 4.98 Å². The van der Waals surface area contributed by atoms with Crippen LogP contribution in [0.2, 0.25) is 0 Å². The monoisotopic (exact) mass is 217 g/mol. The Labute approximate surface area is 90.0 Å². The first-order valence-electron chi connectivity index (χ1n) is 4.43. The fraction of sp³-hybridized carbons (Fsp3) is 0. The maximum Gasteiger partial charge on any atom is 0.154 e. The Hall–Kier alpha value is -2.43. The predicted molar refractivity (Wildman–Crippen MR) is 55.8 cm³/mol. The minimum Gasteiger partial charge on any atom is -0.506 e. The minimum absolute atomic E-state index is 0.0905. The molecule has 0 spiro atoms. The average molecular weight is 217 g/mol. The van der Waals surface area contributed by atoms with Crippen molar-refractivity contribution in [3.05, 3.63) is 29.5 Å². The van der Waals surface area contributed by atoms with E-state index < -0.39 is 5.75 Å². The number of benzene rings is 1. The number of hydrogen-bond donors (Lipinski definition) is 2. The lowest BCUT2D eigenvalue weighted by atomic mass is 10.0. The summed E-state index contributed by atoms with van der Waals surface area (Å²) in [6.07, 6.45) is 2.05. The third kappa shape index (κ3) is 1.22. The maximum absolute atomic E-state index is 10.8. The molecule has 0 aliphatic carbocycles. The number of aldehydes is 2. The van der Waals surface area contributed by atoms with Crippen molar-refractivity contribution in [3.63, 3.8) is 0 Å². The molecule has 0 amide bonds. The number of phenols is 2. The van der Waals surface area contributed by atoms with E-state index in [0.717, 1.165) is 0 Å². The van der Waals surface area contributed by atoms with Gasteiger partial charge in [-0.05, 0) is 12.1 Å². The Balaban J connectivity index is 3.04. The van der Waals surface area contributed by atoms with Gasteiger partial charge in [-0.3, -0.25) is 14.6 Å². The van der Waals surface area contributed by atoms with Crippen molar-refractivity contribution in [1.82, 2.24) is 4.98 Å². The number of pyridine rings is 1. The highest BCUT2D eigenvalue weighted by Gasteiger charge is 2.18. The van der Waals surface area contributed by atoms with E-state index in [4.69, 9.17) is 0 Å². The number of carbonyl (C=O) groups is 2. The first-order valence-corrected chi connectivity index (χ1v) is 4.43. The second kappa shape index (κ2) is 3.62. The fourth-order valence-electron chi connectivity index (χ4n) is 1.55. The molecular weight excluding hydrogens is 210 g/mol. The number of rotatable bonds is 2. The van der Waals surface area contributed by atoms with Gasteiger partial charge < -0.3 is 10.2 Å². The van der Waals surface area contributed by atoms with E-state index in [-0.39, 0.29) is 27.8 Å². The largest absolute Gasteiger partial charge is 0.506 e. The fourth-order valence-corrected chi connectivity index (χ4v) is 1.55. The number of aromatic nitrogens is 1. The van der Waals surface area contributed by atoms with Gasteiger partial charge in [-0.2, -0.15) is 0 Å². The molecule has 0 aliphatic rings. The van der Waals surface area contributed by atoms with Crippen LogP contribution in [0.25, 0.3) is 10.9 Å². The molecule has 0 saturated heterocycles. The number of carbonyl (C=O) groups excluding carboxylic acids is 2. The van der Waals surface area contributed by atoms with Crippen LogP contribution in [0.5, 0.6) is 11.5 Å². The molecule has 1 heterocycles. The normalized spacial score (nSPS) is 10.2. The van der Waals surface area contributed by atoms with Gasteiger partial charge in [0.05, 0.1) is 11.1 Å². The number of phenolic OH excluding ortho intramolecular Hbond substituents is 2. The van der Waals surface area contributed by atoms with Crippen LogP contribution in [0.15, 0.2) is 18.3 Å².